The lowest BCUT2D eigenvalue weighted by atomic mass is 10.1. The summed E-state index contributed by atoms with van der Waals surface area (Å²) in [4.78, 5) is 34.6. The Kier molecular flexibility index (Phi) is 6.21. The molecule has 3 aromatic carbocycles. The summed E-state index contributed by atoms with van der Waals surface area (Å²) in [7, 11) is 0. The number of carbonyl (C=O) groups is 2. The normalized spacial score (nSPS) is 15.3. The van der Waals surface area contributed by atoms with Crippen LogP contribution in [0.5, 0.6) is 0 Å². The van der Waals surface area contributed by atoms with E-state index < -0.39 is 12.1 Å². The summed E-state index contributed by atoms with van der Waals surface area (Å²) < 4.78 is 5.55. The number of amides is 2. The molecule has 170 valence electrons. The Morgan fingerprint density at radius 3 is 2.41 bits per heavy atom. The van der Waals surface area contributed by atoms with Crippen molar-refractivity contribution in [2.24, 2.45) is 0 Å². The molecule has 0 N–H and O–H groups in total. The minimum atomic E-state index is -0.602. The van der Waals surface area contributed by atoms with E-state index >= 15 is 0 Å². The minimum absolute atomic E-state index is 0.169. The van der Waals surface area contributed by atoms with Gasteiger partial charge in [-0.3, -0.25) is 19.6 Å². The molecule has 4 aromatic rings. The Morgan fingerprint density at radius 2 is 1.62 bits per heavy atom. The molecule has 5 rings (SSSR count). The fourth-order valence-corrected chi connectivity index (χ4v) is 4.36. The smallest absolute Gasteiger partial charge is 0.410 e. The van der Waals surface area contributed by atoms with Crippen molar-refractivity contribution >= 4 is 34.3 Å². The minimum Gasteiger partial charge on any atom is -0.445 e. The average molecular weight is 452 g/mol. The van der Waals surface area contributed by atoms with Gasteiger partial charge < -0.3 is 4.74 Å². The predicted octanol–water partition coefficient (Wildman–Crippen LogP) is 5.70. The van der Waals surface area contributed by atoms with Crippen LogP contribution in [0.2, 0.25) is 0 Å². The summed E-state index contributed by atoms with van der Waals surface area (Å²) in [5.41, 5.74) is 3.17. The lowest BCUT2D eigenvalue weighted by molar-refractivity contribution is -0.121. The molecule has 6 nitrogen and oxygen atoms in total. The zero-order valence-electron chi connectivity index (χ0n) is 18.7. The fourth-order valence-electron chi connectivity index (χ4n) is 4.36. The molecule has 1 unspecified atom stereocenters. The standard InChI is InChI=1S/C28H25N3O3/c32-27(26-16-9-17-30(26)28(33)34-20-21-10-3-1-4-11-21)31(23-13-5-2-6-14-23)24-18-22-12-7-8-15-25(22)29-19-24/h1-8,10-15,18-19,26H,9,16-17,20H2. The monoisotopic (exact) mass is 451 g/mol. The molecular weight excluding hydrogens is 426 g/mol. The highest BCUT2D eigenvalue weighted by atomic mass is 16.6. The third-order valence-corrected chi connectivity index (χ3v) is 6.05. The zero-order chi connectivity index (χ0) is 23.3. The highest BCUT2D eigenvalue weighted by Gasteiger charge is 2.38. The molecule has 0 saturated carbocycles. The van der Waals surface area contributed by atoms with Crippen LogP contribution in [0, 0.1) is 0 Å². The van der Waals surface area contributed by atoms with Gasteiger partial charge in [0.1, 0.15) is 12.6 Å². The van der Waals surface area contributed by atoms with Crippen LogP contribution in [0.25, 0.3) is 10.9 Å². The van der Waals surface area contributed by atoms with Gasteiger partial charge in [0.25, 0.3) is 5.91 Å². The molecule has 0 radical (unpaired) electrons. The summed E-state index contributed by atoms with van der Waals surface area (Å²) in [6.07, 6.45) is 2.57. The second kappa shape index (κ2) is 9.75. The number of carbonyl (C=O) groups excluding carboxylic acids is 2. The number of pyridine rings is 1. The number of anilines is 2. The topological polar surface area (TPSA) is 62.7 Å². The first-order chi connectivity index (χ1) is 16.7. The van der Waals surface area contributed by atoms with E-state index in [-0.39, 0.29) is 12.5 Å². The van der Waals surface area contributed by atoms with E-state index in [1.165, 1.54) is 0 Å². The molecule has 2 amide bonds. The Bertz CT molecular complexity index is 1290. The van der Waals surface area contributed by atoms with Crippen LogP contribution < -0.4 is 4.90 Å². The number of rotatable bonds is 5. The second-order valence-electron chi connectivity index (χ2n) is 8.29. The number of hydrogen-bond donors (Lipinski definition) is 0. The maximum absolute atomic E-state index is 13.9. The van der Waals surface area contributed by atoms with Crippen molar-refractivity contribution in [2.75, 3.05) is 11.4 Å². The Hall–Kier alpha value is -4.19. The number of aromatic nitrogens is 1. The quantitative estimate of drug-likeness (QED) is 0.390. The lowest BCUT2D eigenvalue weighted by Gasteiger charge is -2.30. The Morgan fingerprint density at radius 1 is 0.912 bits per heavy atom. The molecule has 0 aliphatic carbocycles. The van der Waals surface area contributed by atoms with Crippen molar-refractivity contribution in [3.8, 4) is 0 Å². The van der Waals surface area contributed by atoms with E-state index in [4.69, 9.17) is 4.74 Å². The zero-order valence-corrected chi connectivity index (χ0v) is 18.7. The summed E-state index contributed by atoms with van der Waals surface area (Å²) in [5.74, 6) is -0.169. The summed E-state index contributed by atoms with van der Waals surface area (Å²) in [5, 5.41) is 0.944. The van der Waals surface area contributed by atoms with E-state index in [0.29, 0.717) is 18.7 Å². The van der Waals surface area contributed by atoms with Crippen LogP contribution in [0.15, 0.2) is 97.2 Å². The van der Waals surface area contributed by atoms with Gasteiger partial charge >= 0.3 is 6.09 Å². The van der Waals surface area contributed by atoms with E-state index in [9.17, 15) is 9.59 Å². The molecule has 1 fully saturated rings. The van der Waals surface area contributed by atoms with Gasteiger partial charge in [0.15, 0.2) is 0 Å². The highest BCUT2D eigenvalue weighted by Crippen LogP contribution is 2.31. The molecule has 1 atom stereocenters. The highest BCUT2D eigenvalue weighted by molar-refractivity contribution is 6.05. The van der Waals surface area contributed by atoms with Gasteiger partial charge in [-0.15, -0.1) is 0 Å². The molecular formula is C28H25N3O3. The van der Waals surface area contributed by atoms with Crippen molar-refractivity contribution in [2.45, 2.75) is 25.5 Å². The third kappa shape index (κ3) is 4.48. The molecule has 6 heteroatoms. The van der Waals surface area contributed by atoms with Gasteiger partial charge in [-0.25, -0.2) is 4.79 Å². The Labute approximate surface area is 198 Å². The van der Waals surface area contributed by atoms with Crippen LogP contribution in [0.1, 0.15) is 18.4 Å². The van der Waals surface area contributed by atoms with Crippen LogP contribution >= 0.6 is 0 Å². The van der Waals surface area contributed by atoms with E-state index in [1.54, 1.807) is 16.0 Å². The number of ether oxygens (including phenoxy) is 1. The van der Waals surface area contributed by atoms with Crippen LogP contribution in [-0.2, 0) is 16.1 Å². The van der Waals surface area contributed by atoms with Gasteiger partial charge in [0.2, 0.25) is 0 Å². The molecule has 2 heterocycles. The van der Waals surface area contributed by atoms with Gasteiger partial charge in [-0.1, -0.05) is 66.7 Å². The summed E-state index contributed by atoms with van der Waals surface area (Å²) in [6, 6.07) is 28.2. The molecule has 1 aromatic heterocycles. The number of fused-ring (bicyclic) bond motifs is 1. The number of hydrogen-bond acceptors (Lipinski definition) is 4. The number of likely N-dealkylation sites (tertiary alicyclic amines) is 1. The van der Waals surface area contributed by atoms with Gasteiger partial charge in [0.05, 0.1) is 17.4 Å². The summed E-state index contributed by atoms with van der Waals surface area (Å²) >= 11 is 0. The lowest BCUT2D eigenvalue weighted by Crippen LogP contribution is -2.46. The number of para-hydroxylation sites is 2. The van der Waals surface area contributed by atoms with Gasteiger partial charge in [-0.05, 0) is 42.7 Å². The first-order valence-corrected chi connectivity index (χ1v) is 11.4. The SMILES string of the molecule is O=C(C1CCCN1C(=O)OCc1ccccc1)N(c1ccccc1)c1cnc2ccccc2c1. The van der Waals surface area contributed by atoms with Gasteiger partial charge in [-0.2, -0.15) is 0 Å². The molecule has 1 aliphatic rings. The molecule has 34 heavy (non-hydrogen) atoms. The molecule has 1 saturated heterocycles. The van der Waals surface area contributed by atoms with Crippen LogP contribution in [-0.4, -0.2) is 34.5 Å². The first kappa shape index (κ1) is 21.6. The third-order valence-electron chi connectivity index (χ3n) is 6.05. The Balaban J connectivity index is 1.42. The van der Waals surface area contributed by atoms with E-state index in [0.717, 1.165) is 28.6 Å². The maximum atomic E-state index is 13.9. The number of nitrogens with zero attached hydrogens (tertiary/aromatic N) is 3. The van der Waals surface area contributed by atoms with Crippen LogP contribution in [0.3, 0.4) is 0 Å². The summed E-state index contributed by atoms with van der Waals surface area (Å²) in [6.45, 7) is 0.663. The van der Waals surface area contributed by atoms with Gasteiger partial charge in [0, 0.05) is 17.6 Å². The van der Waals surface area contributed by atoms with Crippen molar-refractivity contribution < 1.29 is 14.3 Å². The predicted molar refractivity (Wildman–Crippen MR) is 132 cm³/mol. The molecule has 1 aliphatic heterocycles. The van der Waals surface area contributed by atoms with Crippen molar-refractivity contribution in [3.05, 3.63) is 103 Å². The fraction of sp³-hybridized carbons (Fsp3) is 0.179. The van der Waals surface area contributed by atoms with Crippen molar-refractivity contribution in [1.29, 1.82) is 0 Å². The van der Waals surface area contributed by atoms with Crippen LogP contribution in [0.4, 0.5) is 16.2 Å². The number of benzene rings is 3. The van der Waals surface area contributed by atoms with E-state index in [2.05, 4.69) is 4.98 Å². The van der Waals surface area contributed by atoms with E-state index in [1.807, 2.05) is 91.0 Å². The van der Waals surface area contributed by atoms with Crippen molar-refractivity contribution in [1.82, 2.24) is 9.88 Å². The van der Waals surface area contributed by atoms with Crippen molar-refractivity contribution in [3.63, 3.8) is 0 Å². The maximum Gasteiger partial charge on any atom is 0.410 e. The average Bonchev–Trinajstić information content (AvgIpc) is 3.39. The second-order valence-corrected chi connectivity index (χ2v) is 8.29. The largest absolute Gasteiger partial charge is 0.445 e. The first-order valence-electron chi connectivity index (χ1n) is 11.4. The molecule has 0 spiro atoms. The molecule has 0 bridgehead atoms.